The Morgan fingerprint density at radius 2 is 1.53 bits per heavy atom. The number of hydrogen-bond acceptors (Lipinski definition) is 1. The minimum absolute atomic E-state index is 0. The zero-order chi connectivity index (χ0) is 10.6. The monoisotopic (exact) mass is 197 g/mol. The van der Waals surface area contributed by atoms with E-state index in [2.05, 4.69) is 50.8 Å². The maximum Gasteiger partial charge on any atom is 1.00 e. The largest absolute Gasteiger partial charge is 1.00 e. The predicted molar refractivity (Wildman–Crippen MR) is 61.1 cm³/mol. The SMILES string of the molecule is CC(C)N(Cc1cc[c-]cc1)C(C)C.[Li+]. The molecule has 0 aromatic heterocycles. The molecule has 0 saturated heterocycles. The molecule has 0 amide bonds. The molecule has 2 heteroatoms. The van der Waals surface area contributed by atoms with E-state index in [9.17, 15) is 0 Å². The molecule has 0 aliphatic carbocycles. The van der Waals surface area contributed by atoms with Crippen LogP contribution < -0.4 is 18.9 Å². The molecule has 0 bridgehead atoms. The Labute approximate surface area is 106 Å². The van der Waals surface area contributed by atoms with Crippen LogP contribution in [0, 0.1) is 6.07 Å². The van der Waals surface area contributed by atoms with Crippen LogP contribution in [0.3, 0.4) is 0 Å². The molecule has 0 fully saturated rings. The van der Waals surface area contributed by atoms with Gasteiger partial charge in [-0.25, -0.2) is 0 Å². The van der Waals surface area contributed by atoms with Crippen LogP contribution in [0.25, 0.3) is 0 Å². The van der Waals surface area contributed by atoms with Crippen LogP contribution in [0.2, 0.25) is 0 Å². The van der Waals surface area contributed by atoms with Gasteiger partial charge < -0.3 is 0 Å². The first-order valence-corrected chi connectivity index (χ1v) is 5.32. The van der Waals surface area contributed by atoms with Crippen molar-refractivity contribution >= 4 is 0 Å². The molecular formula is C13H20LiN. The van der Waals surface area contributed by atoms with E-state index in [0.717, 1.165) is 6.54 Å². The van der Waals surface area contributed by atoms with E-state index >= 15 is 0 Å². The van der Waals surface area contributed by atoms with Gasteiger partial charge in [0.1, 0.15) is 0 Å². The van der Waals surface area contributed by atoms with Crippen LogP contribution in [0.1, 0.15) is 33.3 Å². The molecule has 1 aromatic rings. The van der Waals surface area contributed by atoms with Gasteiger partial charge in [-0.3, -0.25) is 4.90 Å². The molecule has 0 heterocycles. The fourth-order valence-corrected chi connectivity index (χ4v) is 1.70. The zero-order valence-corrected chi connectivity index (χ0v) is 10.6. The van der Waals surface area contributed by atoms with Gasteiger partial charge >= 0.3 is 18.9 Å². The topological polar surface area (TPSA) is 3.24 Å². The summed E-state index contributed by atoms with van der Waals surface area (Å²) in [6.45, 7) is 10.0. The Bertz CT molecular complexity index is 248. The van der Waals surface area contributed by atoms with Crippen molar-refractivity contribution in [3.63, 3.8) is 0 Å². The Kier molecular flexibility index (Phi) is 7.01. The summed E-state index contributed by atoms with van der Waals surface area (Å²) in [4.78, 5) is 2.48. The van der Waals surface area contributed by atoms with Crippen molar-refractivity contribution in [2.45, 2.75) is 46.3 Å². The molecule has 1 rings (SSSR count). The first-order valence-electron chi connectivity index (χ1n) is 5.32. The molecule has 0 unspecified atom stereocenters. The summed E-state index contributed by atoms with van der Waals surface area (Å²) < 4.78 is 0. The second kappa shape index (κ2) is 7.12. The fraction of sp³-hybridized carbons (Fsp3) is 0.538. The second-order valence-corrected chi connectivity index (χ2v) is 4.27. The van der Waals surface area contributed by atoms with Crippen molar-refractivity contribution in [2.24, 2.45) is 0 Å². The number of rotatable bonds is 4. The standard InChI is InChI=1S/C13H20N.Li/c1-11(2)14(12(3)4)10-13-8-6-5-7-9-13;/h6-9,11-12H,10H2,1-4H3;/q-1;+1. The normalized spacial score (nSPS) is 10.9. The average molecular weight is 197 g/mol. The van der Waals surface area contributed by atoms with E-state index < -0.39 is 0 Å². The third-order valence-corrected chi connectivity index (χ3v) is 2.48. The molecule has 0 atom stereocenters. The van der Waals surface area contributed by atoms with E-state index in [1.807, 2.05) is 12.1 Å². The Morgan fingerprint density at radius 3 is 1.93 bits per heavy atom. The van der Waals surface area contributed by atoms with E-state index in [4.69, 9.17) is 0 Å². The molecule has 0 N–H and O–H groups in total. The van der Waals surface area contributed by atoms with Crippen molar-refractivity contribution in [3.05, 3.63) is 35.9 Å². The summed E-state index contributed by atoms with van der Waals surface area (Å²) in [6, 6.07) is 12.5. The summed E-state index contributed by atoms with van der Waals surface area (Å²) in [5.41, 5.74) is 1.37. The van der Waals surface area contributed by atoms with Crippen molar-refractivity contribution in [1.29, 1.82) is 0 Å². The van der Waals surface area contributed by atoms with Gasteiger partial charge in [-0.1, -0.05) is 0 Å². The summed E-state index contributed by atoms with van der Waals surface area (Å²) in [6.07, 6.45) is 0. The first-order chi connectivity index (χ1) is 6.61. The first kappa shape index (κ1) is 14.8. The molecule has 78 valence electrons. The van der Waals surface area contributed by atoms with Crippen molar-refractivity contribution < 1.29 is 18.9 Å². The summed E-state index contributed by atoms with van der Waals surface area (Å²) in [7, 11) is 0. The molecule has 15 heavy (non-hydrogen) atoms. The smallest absolute Gasteiger partial charge is 0.296 e. The number of benzene rings is 1. The molecular weight excluding hydrogens is 177 g/mol. The minimum atomic E-state index is 0. The second-order valence-electron chi connectivity index (χ2n) is 4.27. The molecule has 1 nitrogen and oxygen atoms in total. The van der Waals surface area contributed by atoms with Crippen LogP contribution >= 0.6 is 0 Å². The van der Waals surface area contributed by atoms with Crippen molar-refractivity contribution in [2.75, 3.05) is 0 Å². The zero-order valence-electron chi connectivity index (χ0n) is 10.6. The summed E-state index contributed by atoms with van der Waals surface area (Å²) in [5, 5.41) is 0. The molecule has 0 aliphatic rings. The molecule has 0 spiro atoms. The van der Waals surface area contributed by atoms with Gasteiger partial charge in [-0.15, -0.1) is 5.56 Å². The van der Waals surface area contributed by atoms with E-state index in [1.165, 1.54) is 5.56 Å². The maximum absolute atomic E-state index is 3.05. The Balaban J connectivity index is 0.00000196. The molecule has 0 saturated carbocycles. The fourth-order valence-electron chi connectivity index (χ4n) is 1.70. The van der Waals surface area contributed by atoms with Crippen LogP contribution in [0.15, 0.2) is 24.3 Å². The van der Waals surface area contributed by atoms with E-state index in [1.54, 1.807) is 0 Å². The third-order valence-electron chi connectivity index (χ3n) is 2.48. The third kappa shape index (κ3) is 4.89. The average Bonchev–Trinajstić information content (AvgIpc) is 2.15. The summed E-state index contributed by atoms with van der Waals surface area (Å²) >= 11 is 0. The maximum atomic E-state index is 3.05. The van der Waals surface area contributed by atoms with Crippen molar-refractivity contribution in [3.8, 4) is 0 Å². The van der Waals surface area contributed by atoms with Gasteiger partial charge in [0.05, 0.1) is 0 Å². The van der Waals surface area contributed by atoms with Crippen LogP contribution in [0.4, 0.5) is 0 Å². The number of hydrogen-bond donors (Lipinski definition) is 0. The number of nitrogens with zero attached hydrogens (tertiary/aromatic N) is 1. The quantitative estimate of drug-likeness (QED) is 0.489. The van der Waals surface area contributed by atoms with E-state index in [0.29, 0.717) is 12.1 Å². The van der Waals surface area contributed by atoms with Crippen LogP contribution in [-0.2, 0) is 6.54 Å². The van der Waals surface area contributed by atoms with Gasteiger partial charge in [-0.2, -0.15) is 30.3 Å². The Hall–Kier alpha value is -0.223. The summed E-state index contributed by atoms with van der Waals surface area (Å²) in [5.74, 6) is 0. The molecule has 1 aromatic carbocycles. The van der Waals surface area contributed by atoms with Gasteiger partial charge in [0, 0.05) is 18.6 Å². The van der Waals surface area contributed by atoms with Crippen LogP contribution in [-0.4, -0.2) is 17.0 Å². The predicted octanol–water partition coefficient (Wildman–Crippen LogP) is 0.110. The van der Waals surface area contributed by atoms with Gasteiger partial charge in [0.15, 0.2) is 0 Å². The van der Waals surface area contributed by atoms with Crippen LogP contribution in [0.5, 0.6) is 0 Å². The van der Waals surface area contributed by atoms with Crippen molar-refractivity contribution in [1.82, 2.24) is 4.90 Å². The van der Waals surface area contributed by atoms with E-state index in [-0.39, 0.29) is 18.9 Å². The Morgan fingerprint density at radius 1 is 1.07 bits per heavy atom. The van der Waals surface area contributed by atoms with Gasteiger partial charge in [0.2, 0.25) is 0 Å². The van der Waals surface area contributed by atoms with Gasteiger partial charge in [-0.05, 0) is 27.7 Å². The molecule has 0 aliphatic heterocycles. The minimum Gasteiger partial charge on any atom is -0.296 e. The van der Waals surface area contributed by atoms with Gasteiger partial charge in [0.25, 0.3) is 0 Å². The molecule has 0 radical (unpaired) electrons.